The first-order valence-electron chi connectivity index (χ1n) is 6.76. The molecule has 21 heavy (non-hydrogen) atoms. The fourth-order valence-corrected chi connectivity index (χ4v) is 3.71. The van der Waals surface area contributed by atoms with Crippen molar-refractivity contribution < 1.29 is 9.66 Å². The molecule has 0 spiro atoms. The Morgan fingerprint density at radius 1 is 1.29 bits per heavy atom. The monoisotopic (exact) mass is 301 g/mol. The van der Waals surface area contributed by atoms with Crippen molar-refractivity contribution in [3.8, 4) is 5.75 Å². The highest BCUT2D eigenvalue weighted by Gasteiger charge is 2.24. The molecule has 0 saturated carbocycles. The minimum atomic E-state index is -0.390. The van der Waals surface area contributed by atoms with Crippen molar-refractivity contribution in [3.05, 3.63) is 63.7 Å². The number of rotatable bonds is 4. The lowest BCUT2D eigenvalue weighted by molar-refractivity contribution is -0.385. The molecule has 1 heterocycles. The largest absolute Gasteiger partial charge is 0.485 e. The molecular weight excluding hydrogens is 286 g/mol. The number of nitrogens with zero attached hydrogens (tertiary/aromatic N) is 1. The van der Waals surface area contributed by atoms with E-state index in [2.05, 4.69) is 12.1 Å². The van der Waals surface area contributed by atoms with Crippen molar-refractivity contribution in [1.82, 2.24) is 0 Å². The van der Waals surface area contributed by atoms with E-state index < -0.39 is 4.92 Å². The normalized spacial score (nSPS) is 16.5. The van der Waals surface area contributed by atoms with Crippen LogP contribution in [0, 0.1) is 17.0 Å². The zero-order valence-corrected chi connectivity index (χ0v) is 12.4. The number of thioether (sulfide) groups is 1. The van der Waals surface area contributed by atoms with Crippen LogP contribution in [0.5, 0.6) is 5.75 Å². The van der Waals surface area contributed by atoms with Gasteiger partial charge in [-0.25, -0.2) is 0 Å². The number of hydrogen-bond donors (Lipinski definition) is 0. The van der Waals surface area contributed by atoms with Crippen molar-refractivity contribution in [2.75, 3.05) is 6.61 Å². The van der Waals surface area contributed by atoms with Gasteiger partial charge in [0.2, 0.25) is 0 Å². The quantitative estimate of drug-likeness (QED) is 0.632. The molecule has 0 N–H and O–H groups in total. The van der Waals surface area contributed by atoms with Crippen LogP contribution in [0.3, 0.4) is 0 Å². The molecule has 0 saturated heterocycles. The minimum absolute atomic E-state index is 0.0375. The Bertz CT molecular complexity index is 662. The summed E-state index contributed by atoms with van der Waals surface area (Å²) in [4.78, 5) is 12.0. The third kappa shape index (κ3) is 2.88. The molecule has 1 atom stereocenters. The molecule has 1 aliphatic rings. The first kappa shape index (κ1) is 13.9. The molecule has 1 aliphatic heterocycles. The summed E-state index contributed by atoms with van der Waals surface area (Å²) in [6.07, 6.45) is 0.945. The van der Waals surface area contributed by atoms with E-state index in [1.807, 2.05) is 25.1 Å². The van der Waals surface area contributed by atoms with Gasteiger partial charge < -0.3 is 4.74 Å². The maximum atomic E-state index is 11.1. The van der Waals surface area contributed by atoms with Crippen LogP contribution in [0.15, 0.2) is 47.4 Å². The van der Waals surface area contributed by atoms with Gasteiger partial charge in [-0.05, 0) is 30.5 Å². The second kappa shape index (κ2) is 5.77. The number of aryl methyl sites for hydroxylation is 1. The molecule has 5 heteroatoms. The molecular formula is C16H15NO3S. The van der Waals surface area contributed by atoms with E-state index in [9.17, 15) is 10.1 Å². The fourth-order valence-electron chi connectivity index (χ4n) is 2.49. The maximum absolute atomic E-state index is 11.1. The molecule has 3 rings (SSSR count). The van der Waals surface area contributed by atoms with Crippen molar-refractivity contribution >= 4 is 17.4 Å². The number of nitro benzene ring substituents is 1. The Hall–Kier alpha value is -2.01. The second-order valence-corrected chi connectivity index (χ2v) is 6.39. The molecule has 0 bridgehead atoms. The molecule has 0 amide bonds. The third-order valence-corrected chi connectivity index (χ3v) is 4.80. The van der Waals surface area contributed by atoms with Gasteiger partial charge in [0.05, 0.1) is 4.92 Å². The first-order chi connectivity index (χ1) is 10.1. The van der Waals surface area contributed by atoms with Gasteiger partial charge in [0.15, 0.2) is 5.75 Å². The van der Waals surface area contributed by atoms with E-state index in [1.54, 1.807) is 17.8 Å². The molecule has 2 aromatic rings. The molecule has 0 radical (unpaired) electrons. The SMILES string of the molecule is Cc1cccc([N+](=O)[O-])c1OCC1Cc2ccccc2S1. The van der Waals surface area contributed by atoms with E-state index in [0.29, 0.717) is 17.6 Å². The Labute approximate surface area is 127 Å². The third-order valence-electron chi connectivity index (χ3n) is 3.52. The minimum Gasteiger partial charge on any atom is -0.485 e. The molecule has 108 valence electrons. The van der Waals surface area contributed by atoms with Crippen LogP contribution in [-0.2, 0) is 6.42 Å². The summed E-state index contributed by atoms with van der Waals surface area (Å²) in [5, 5.41) is 11.4. The number of benzene rings is 2. The van der Waals surface area contributed by atoms with Gasteiger partial charge >= 0.3 is 5.69 Å². The van der Waals surface area contributed by atoms with Gasteiger partial charge in [-0.2, -0.15) is 0 Å². The second-order valence-electron chi connectivity index (χ2n) is 5.04. The van der Waals surface area contributed by atoms with Crippen LogP contribution < -0.4 is 4.74 Å². The van der Waals surface area contributed by atoms with Crippen molar-refractivity contribution in [2.45, 2.75) is 23.5 Å². The zero-order chi connectivity index (χ0) is 14.8. The molecule has 0 aromatic heterocycles. The number of hydrogen-bond acceptors (Lipinski definition) is 4. The average molecular weight is 301 g/mol. The van der Waals surface area contributed by atoms with Crippen molar-refractivity contribution in [3.63, 3.8) is 0 Å². The molecule has 0 aliphatic carbocycles. The highest BCUT2D eigenvalue weighted by atomic mass is 32.2. The highest BCUT2D eigenvalue weighted by molar-refractivity contribution is 8.00. The predicted molar refractivity (Wildman–Crippen MR) is 83.1 cm³/mol. The van der Waals surface area contributed by atoms with Gasteiger partial charge in [0, 0.05) is 16.2 Å². The van der Waals surface area contributed by atoms with Gasteiger partial charge in [0.1, 0.15) is 6.61 Å². The predicted octanol–water partition coefficient (Wildman–Crippen LogP) is 4.00. The van der Waals surface area contributed by atoms with Gasteiger partial charge in [-0.3, -0.25) is 10.1 Å². The Balaban J connectivity index is 1.71. The van der Waals surface area contributed by atoms with Gasteiger partial charge in [-0.1, -0.05) is 30.3 Å². The van der Waals surface area contributed by atoms with Crippen molar-refractivity contribution in [2.24, 2.45) is 0 Å². The van der Waals surface area contributed by atoms with Crippen molar-refractivity contribution in [1.29, 1.82) is 0 Å². The summed E-state index contributed by atoms with van der Waals surface area (Å²) in [6, 6.07) is 13.3. The lowest BCUT2D eigenvalue weighted by atomic mass is 10.1. The topological polar surface area (TPSA) is 52.4 Å². The zero-order valence-electron chi connectivity index (χ0n) is 11.6. The van der Waals surface area contributed by atoms with E-state index >= 15 is 0 Å². The lowest BCUT2D eigenvalue weighted by Gasteiger charge is -2.12. The van der Waals surface area contributed by atoms with E-state index in [1.165, 1.54) is 16.5 Å². The standard InChI is InChI=1S/C16H15NO3S/c1-11-5-4-7-14(17(18)19)16(11)20-10-13-9-12-6-2-3-8-15(12)21-13/h2-8,13H,9-10H2,1H3. The van der Waals surface area contributed by atoms with Crippen LogP contribution in [-0.4, -0.2) is 16.8 Å². The molecule has 0 fully saturated rings. The maximum Gasteiger partial charge on any atom is 0.311 e. The smallest absolute Gasteiger partial charge is 0.311 e. The van der Waals surface area contributed by atoms with Crippen LogP contribution in [0.4, 0.5) is 5.69 Å². The summed E-state index contributed by atoms with van der Waals surface area (Å²) in [7, 11) is 0. The Kier molecular flexibility index (Phi) is 3.84. The molecule has 4 nitrogen and oxygen atoms in total. The summed E-state index contributed by atoms with van der Waals surface area (Å²) in [6.45, 7) is 2.31. The number of ether oxygens (including phenoxy) is 1. The van der Waals surface area contributed by atoms with E-state index in [0.717, 1.165) is 12.0 Å². The lowest BCUT2D eigenvalue weighted by Crippen LogP contribution is -2.14. The molecule has 1 unspecified atom stereocenters. The fraction of sp³-hybridized carbons (Fsp3) is 0.250. The molecule has 2 aromatic carbocycles. The number of fused-ring (bicyclic) bond motifs is 1. The van der Waals surface area contributed by atoms with Crippen LogP contribution in [0.1, 0.15) is 11.1 Å². The van der Waals surface area contributed by atoms with E-state index in [4.69, 9.17) is 4.74 Å². The van der Waals surface area contributed by atoms with Crippen LogP contribution in [0.2, 0.25) is 0 Å². The first-order valence-corrected chi connectivity index (χ1v) is 7.64. The van der Waals surface area contributed by atoms with Crippen LogP contribution >= 0.6 is 11.8 Å². The van der Waals surface area contributed by atoms with Crippen LogP contribution in [0.25, 0.3) is 0 Å². The summed E-state index contributed by atoms with van der Waals surface area (Å²) < 4.78 is 5.78. The number of para-hydroxylation sites is 1. The van der Waals surface area contributed by atoms with Gasteiger partial charge in [-0.15, -0.1) is 11.8 Å². The van der Waals surface area contributed by atoms with E-state index in [-0.39, 0.29) is 5.69 Å². The number of nitro groups is 1. The summed E-state index contributed by atoms with van der Waals surface area (Å²) in [5.41, 5.74) is 2.16. The Morgan fingerprint density at radius 2 is 2.10 bits per heavy atom. The highest BCUT2D eigenvalue weighted by Crippen LogP contribution is 2.38. The average Bonchev–Trinajstić information content (AvgIpc) is 2.88. The van der Waals surface area contributed by atoms with Gasteiger partial charge in [0.25, 0.3) is 0 Å². The summed E-state index contributed by atoms with van der Waals surface area (Å²) in [5.74, 6) is 0.388. The summed E-state index contributed by atoms with van der Waals surface area (Å²) >= 11 is 1.78. The Morgan fingerprint density at radius 3 is 2.86 bits per heavy atom.